The molecule has 0 aliphatic heterocycles. The normalized spacial score (nSPS) is 10.9. The minimum Gasteiger partial charge on any atom is -0.507 e. The van der Waals surface area contributed by atoms with Crippen LogP contribution >= 0.6 is 11.6 Å². The molecule has 27 heavy (non-hydrogen) atoms. The number of imidazole rings is 1. The van der Waals surface area contributed by atoms with E-state index in [2.05, 4.69) is 10.3 Å². The first-order valence-electron chi connectivity index (χ1n) is 8.37. The van der Waals surface area contributed by atoms with Crippen LogP contribution < -0.4 is 5.32 Å². The van der Waals surface area contributed by atoms with E-state index in [1.165, 1.54) is 6.07 Å². The van der Waals surface area contributed by atoms with Crippen LogP contribution in [0.15, 0.2) is 66.9 Å². The summed E-state index contributed by atoms with van der Waals surface area (Å²) in [5, 5.41) is 13.4. The van der Waals surface area contributed by atoms with Gasteiger partial charge in [0.05, 0.1) is 10.6 Å². The lowest BCUT2D eigenvalue weighted by Gasteiger charge is -2.09. The average Bonchev–Trinajstić information content (AvgIpc) is 3.00. The Labute approximate surface area is 160 Å². The molecule has 2 aromatic heterocycles. The lowest BCUT2D eigenvalue weighted by Crippen LogP contribution is -2.14. The molecule has 2 N–H and O–H groups in total. The number of rotatable bonds is 3. The highest BCUT2D eigenvalue weighted by Crippen LogP contribution is 2.31. The molecule has 2 heterocycles. The third kappa shape index (κ3) is 3.25. The molecule has 0 radical (unpaired) electrons. The summed E-state index contributed by atoms with van der Waals surface area (Å²) in [5.74, 6) is -0.0217. The number of phenols is 1. The predicted molar refractivity (Wildman–Crippen MR) is 106 cm³/mol. The molecule has 1 amide bonds. The number of hydrogen-bond acceptors (Lipinski definition) is 3. The van der Waals surface area contributed by atoms with Crippen molar-refractivity contribution in [2.45, 2.75) is 6.92 Å². The molecule has 0 aliphatic carbocycles. The van der Waals surface area contributed by atoms with Gasteiger partial charge in [-0.15, -0.1) is 0 Å². The van der Waals surface area contributed by atoms with Crippen molar-refractivity contribution in [1.82, 2.24) is 9.38 Å². The van der Waals surface area contributed by atoms with Crippen LogP contribution in [0.5, 0.6) is 5.75 Å². The number of carbonyl (C=O) groups excluding carboxylic acids is 1. The first-order valence-corrected chi connectivity index (χ1v) is 8.75. The van der Waals surface area contributed by atoms with E-state index in [9.17, 15) is 9.90 Å². The maximum Gasteiger partial charge on any atom is 0.260 e. The van der Waals surface area contributed by atoms with E-state index in [1.54, 1.807) is 40.9 Å². The molecule has 0 spiro atoms. The van der Waals surface area contributed by atoms with Crippen LogP contribution in [0.1, 0.15) is 15.9 Å². The van der Waals surface area contributed by atoms with Crippen LogP contribution in [0.4, 0.5) is 5.82 Å². The second kappa shape index (κ2) is 6.78. The number of amides is 1. The average molecular weight is 378 g/mol. The summed E-state index contributed by atoms with van der Waals surface area (Å²) in [4.78, 5) is 17.4. The molecule has 6 heteroatoms. The van der Waals surface area contributed by atoms with Crippen molar-refractivity contribution in [2.75, 3.05) is 5.32 Å². The fourth-order valence-electron chi connectivity index (χ4n) is 2.89. The van der Waals surface area contributed by atoms with Gasteiger partial charge >= 0.3 is 0 Å². The number of nitrogens with one attached hydrogen (secondary N) is 1. The van der Waals surface area contributed by atoms with E-state index in [0.29, 0.717) is 22.2 Å². The molecule has 2 aromatic carbocycles. The van der Waals surface area contributed by atoms with Gasteiger partial charge in [0, 0.05) is 11.8 Å². The van der Waals surface area contributed by atoms with E-state index in [1.807, 2.05) is 31.2 Å². The third-order valence-corrected chi connectivity index (χ3v) is 4.51. The number of carbonyl (C=O) groups is 1. The fourth-order valence-corrected chi connectivity index (χ4v) is 3.05. The molecule has 0 saturated carbocycles. The van der Waals surface area contributed by atoms with Gasteiger partial charge in [-0.3, -0.25) is 9.20 Å². The van der Waals surface area contributed by atoms with Gasteiger partial charge in [-0.1, -0.05) is 53.6 Å². The summed E-state index contributed by atoms with van der Waals surface area (Å²) >= 11 is 6.14. The van der Waals surface area contributed by atoms with Crippen molar-refractivity contribution in [3.63, 3.8) is 0 Å². The Bertz CT molecular complexity index is 1150. The summed E-state index contributed by atoms with van der Waals surface area (Å²) in [6.07, 6.45) is 1.70. The van der Waals surface area contributed by atoms with Gasteiger partial charge in [0.1, 0.15) is 22.9 Å². The maximum atomic E-state index is 12.8. The van der Waals surface area contributed by atoms with Gasteiger partial charge in [-0.25, -0.2) is 4.98 Å². The monoisotopic (exact) mass is 377 g/mol. The Morgan fingerprint density at radius 2 is 1.81 bits per heavy atom. The number of halogens is 1. The molecule has 0 fully saturated rings. The number of fused-ring (bicyclic) bond motifs is 1. The second-order valence-electron chi connectivity index (χ2n) is 6.22. The van der Waals surface area contributed by atoms with Gasteiger partial charge in [0.15, 0.2) is 0 Å². The van der Waals surface area contributed by atoms with Crippen LogP contribution in [-0.4, -0.2) is 20.4 Å². The van der Waals surface area contributed by atoms with Crippen molar-refractivity contribution in [1.29, 1.82) is 0 Å². The zero-order valence-electron chi connectivity index (χ0n) is 14.5. The first kappa shape index (κ1) is 17.1. The summed E-state index contributed by atoms with van der Waals surface area (Å²) in [6.45, 7) is 2.01. The summed E-state index contributed by atoms with van der Waals surface area (Å²) in [6, 6.07) is 17.8. The molecular formula is C21H16ClN3O2. The molecule has 0 aliphatic rings. The molecule has 0 unspecified atom stereocenters. The molecule has 0 atom stereocenters. The molecule has 0 saturated heterocycles. The smallest absolute Gasteiger partial charge is 0.260 e. The molecule has 4 rings (SSSR count). The standard InChI is InChI=1S/C21H16ClN3O2/c1-13-6-8-14(9-7-13)19-20(25-12-15(22)10-11-18(25)23-19)24-21(27)16-4-2-3-5-17(16)26/h2-12,26H,1H3,(H,24,27). The topological polar surface area (TPSA) is 66.6 Å². The number of para-hydroxylation sites is 1. The summed E-state index contributed by atoms with van der Waals surface area (Å²) in [7, 11) is 0. The van der Waals surface area contributed by atoms with Gasteiger partial charge < -0.3 is 10.4 Å². The Morgan fingerprint density at radius 1 is 1.07 bits per heavy atom. The number of aromatic nitrogens is 2. The minimum atomic E-state index is -0.428. The quantitative estimate of drug-likeness (QED) is 0.532. The van der Waals surface area contributed by atoms with E-state index in [0.717, 1.165) is 11.1 Å². The van der Waals surface area contributed by atoms with E-state index in [4.69, 9.17) is 11.6 Å². The summed E-state index contributed by atoms with van der Waals surface area (Å²) in [5.41, 5.74) is 3.46. The van der Waals surface area contributed by atoms with Crippen molar-refractivity contribution >= 4 is 29.0 Å². The van der Waals surface area contributed by atoms with E-state index < -0.39 is 5.91 Å². The number of aromatic hydroxyl groups is 1. The zero-order valence-corrected chi connectivity index (χ0v) is 15.2. The van der Waals surface area contributed by atoms with Gasteiger partial charge in [-0.05, 0) is 31.2 Å². The van der Waals surface area contributed by atoms with E-state index >= 15 is 0 Å². The minimum absolute atomic E-state index is 0.0845. The molecule has 5 nitrogen and oxygen atoms in total. The number of hydrogen-bond donors (Lipinski definition) is 2. The number of anilines is 1. The van der Waals surface area contributed by atoms with Crippen molar-refractivity contribution in [2.24, 2.45) is 0 Å². The van der Waals surface area contributed by atoms with Crippen LogP contribution in [0.3, 0.4) is 0 Å². The van der Waals surface area contributed by atoms with Crippen molar-refractivity contribution in [3.8, 4) is 17.0 Å². The third-order valence-electron chi connectivity index (χ3n) is 4.29. The summed E-state index contributed by atoms with van der Waals surface area (Å²) < 4.78 is 1.73. The largest absolute Gasteiger partial charge is 0.507 e. The second-order valence-corrected chi connectivity index (χ2v) is 6.66. The first-order chi connectivity index (χ1) is 13.0. The zero-order chi connectivity index (χ0) is 19.0. The van der Waals surface area contributed by atoms with E-state index in [-0.39, 0.29) is 11.3 Å². The van der Waals surface area contributed by atoms with Crippen molar-refractivity contribution in [3.05, 3.63) is 83.0 Å². The lowest BCUT2D eigenvalue weighted by atomic mass is 10.1. The number of aryl methyl sites for hydroxylation is 1. The Hall–Kier alpha value is -3.31. The van der Waals surface area contributed by atoms with Gasteiger partial charge in [-0.2, -0.15) is 0 Å². The van der Waals surface area contributed by atoms with Gasteiger partial charge in [0.25, 0.3) is 5.91 Å². The Kier molecular flexibility index (Phi) is 4.30. The molecule has 134 valence electrons. The Balaban J connectivity index is 1.85. The van der Waals surface area contributed by atoms with Crippen LogP contribution in [0.25, 0.3) is 16.9 Å². The number of pyridine rings is 1. The van der Waals surface area contributed by atoms with Crippen LogP contribution in [0.2, 0.25) is 5.02 Å². The van der Waals surface area contributed by atoms with Crippen molar-refractivity contribution < 1.29 is 9.90 Å². The maximum absolute atomic E-state index is 12.8. The van der Waals surface area contributed by atoms with Gasteiger partial charge in [0.2, 0.25) is 0 Å². The molecule has 0 bridgehead atoms. The molecule has 4 aromatic rings. The number of phenolic OH excluding ortho intramolecular Hbond substituents is 1. The lowest BCUT2D eigenvalue weighted by molar-refractivity contribution is 0.102. The number of nitrogens with zero attached hydrogens (tertiary/aromatic N) is 2. The molecular weight excluding hydrogens is 362 g/mol. The van der Waals surface area contributed by atoms with Crippen LogP contribution in [-0.2, 0) is 0 Å². The highest BCUT2D eigenvalue weighted by molar-refractivity contribution is 6.30. The van der Waals surface area contributed by atoms with Crippen LogP contribution in [0, 0.1) is 6.92 Å². The highest BCUT2D eigenvalue weighted by atomic mass is 35.5. The highest BCUT2D eigenvalue weighted by Gasteiger charge is 2.19. The number of benzene rings is 2. The Morgan fingerprint density at radius 3 is 2.56 bits per heavy atom. The predicted octanol–water partition coefficient (Wildman–Crippen LogP) is 4.92. The SMILES string of the molecule is Cc1ccc(-c2nc3ccc(Cl)cn3c2NC(=O)c2ccccc2O)cc1. The fraction of sp³-hybridized carbons (Fsp3) is 0.0476.